The zero-order valence-electron chi connectivity index (χ0n) is 11.7. The molecule has 4 heteroatoms. The van der Waals surface area contributed by atoms with E-state index in [1.807, 2.05) is 11.3 Å². The van der Waals surface area contributed by atoms with Crippen LogP contribution in [0.3, 0.4) is 0 Å². The van der Waals surface area contributed by atoms with Crippen molar-refractivity contribution in [2.24, 2.45) is 0 Å². The van der Waals surface area contributed by atoms with Crippen LogP contribution in [0.5, 0.6) is 0 Å². The van der Waals surface area contributed by atoms with E-state index in [9.17, 15) is 0 Å². The summed E-state index contributed by atoms with van der Waals surface area (Å²) in [6.45, 7) is 1.66. The fourth-order valence-electron chi connectivity index (χ4n) is 2.05. The predicted molar refractivity (Wildman–Crippen MR) is 80.5 cm³/mol. The minimum atomic E-state index is -1.84. The quantitative estimate of drug-likeness (QED) is 0.735. The fourth-order valence-corrected chi connectivity index (χ4v) is 8.38. The molecule has 2 rings (SSSR count). The van der Waals surface area contributed by atoms with Gasteiger partial charge in [0.05, 0.1) is 0 Å². The molecular weight excluding hydrogens is 351 g/mol. The van der Waals surface area contributed by atoms with Crippen molar-refractivity contribution in [3.05, 3.63) is 17.0 Å². The van der Waals surface area contributed by atoms with Gasteiger partial charge in [-0.3, -0.25) is 0 Å². The molecule has 1 unspecified atom stereocenters. The molecule has 0 aliphatic carbocycles. The van der Waals surface area contributed by atoms with E-state index in [2.05, 4.69) is 26.3 Å². The average Bonchev–Trinajstić information content (AvgIpc) is 2.79. The Labute approximate surface area is 119 Å². The van der Waals surface area contributed by atoms with Gasteiger partial charge in [0.1, 0.15) is 0 Å². The monoisotopic (exact) mass is 376 g/mol. The Bertz CT molecular complexity index is 364. The van der Waals surface area contributed by atoms with Crippen LogP contribution in [0.4, 0.5) is 0 Å². The van der Waals surface area contributed by atoms with E-state index >= 15 is 0 Å². The summed E-state index contributed by atoms with van der Waals surface area (Å²) in [4.78, 5) is 7.41. The molecule has 1 aromatic rings. The number of thiophene rings is 1. The van der Waals surface area contributed by atoms with Gasteiger partial charge in [-0.15, -0.1) is 0 Å². The number of ether oxygens (including phenoxy) is 2. The first-order valence-electron chi connectivity index (χ1n) is 6.87. The summed E-state index contributed by atoms with van der Waals surface area (Å²) < 4.78 is 13.0. The normalized spacial score (nSPS) is 21.2. The second-order valence-corrected chi connectivity index (χ2v) is 22.3. The maximum absolute atomic E-state index is 5.78. The van der Waals surface area contributed by atoms with Gasteiger partial charge >= 0.3 is 119 Å². The molecule has 2 nitrogen and oxygen atoms in total. The minimum absolute atomic E-state index is 0.0543. The van der Waals surface area contributed by atoms with E-state index in [0.29, 0.717) is 0 Å². The van der Waals surface area contributed by atoms with Crippen molar-refractivity contribution in [1.82, 2.24) is 0 Å². The van der Waals surface area contributed by atoms with Crippen LogP contribution in [0.1, 0.15) is 24.8 Å². The van der Waals surface area contributed by atoms with Crippen LogP contribution in [0.25, 0.3) is 0 Å². The first kappa shape index (κ1) is 14.8. The van der Waals surface area contributed by atoms with Gasteiger partial charge in [-0.05, 0) is 0 Å². The molecular formula is C14H24O2SSn. The third-order valence-corrected chi connectivity index (χ3v) is 13.8. The molecule has 0 radical (unpaired) electrons. The Hall–Kier alpha value is 0.419. The molecule has 0 N–H and O–H groups in total. The van der Waals surface area contributed by atoms with Crippen molar-refractivity contribution in [3.63, 3.8) is 0 Å². The summed E-state index contributed by atoms with van der Waals surface area (Å²) in [6, 6.07) is 2.41. The molecule has 2 heterocycles. The van der Waals surface area contributed by atoms with Crippen molar-refractivity contribution in [2.75, 3.05) is 13.2 Å². The van der Waals surface area contributed by atoms with Crippen molar-refractivity contribution in [2.45, 2.75) is 46.8 Å². The fraction of sp³-hybridized carbons (Fsp3) is 0.714. The second-order valence-electron chi connectivity index (χ2n) is 5.99. The first-order chi connectivity index (χ1) is 8.55. The van der Waals surface area contributed by atoms with Crippen LogP contribution in [0, 0.1) is 0 Å². The number of hydrogen-bond acceptors (Lipinski definition) is 3. The van der Waals surface area contributed by atoms with Crippen LogP contribution in [0.15, 0.2) is 11.4 Å². The Morgan fingerprint density at radius 2 is 2.22 bits per heavy atom. The zero-order valence-corrected chi connectivity index (χ0v) is 15.4. The molecule has 1 saturated heterocycles. The Morgan fingerprint density at radius 1 is 1.39 bits per heavy atom. The molecule has 0 saturated carbocycles. The summed E-state index contributed by atoms with van der Waals surface area (Å²) >= 11 is 0.106. The molecule has 102 valence electrons. The predicted octanol–water partition coefficient (Wildman–Crippen LogP) is 3.38. The van der Waals surface area contributed by atoms with Gasteiger partial charge in [0.25, 0.3) is 0 Å². The summed E-state index contributed by atoms with van der Waals surface area (Å²) in [6.07, 6.45) is 4.57. The molecule has 18 heavy (non-hydrogen) atoms. The van der Waals surface area contributed by atoms with E-state index in [1.165, 1.54) is 18.4 Å². The van der Waals surface area contributed by atoms with Gasteiger partial charge in [-0.25, -0.2) is 0 Å². The van der Waals surface area contributed by atoms with Gasteiger partial charge in [0, 0.05) is 0 Å². The van der Waals surface area contributed by atoms with Gasteiger partial charge < -0.3 is 0 Å². The van der Waals surface area contributed by atoms with Crippen LogP contribution in [0.2, 0.25) is 14.8 Å². The third-order valence-electron chi connectivity index (χ3n) is 3.23. The van der Waals surface area contributed by atoms with E-state index < -0.39 is 18.4 Å². The Morgan fingerprint density at radius 3 is 2.83 bits per heavy atom. The molecule has 0 spiro atoms. The van der Waals surface area contributed by atoms with Gasteiger partial charge in [-0.2, -0.15) is 0 Å². The van der Waals surface area contributed by atoms with Gasteiger partial charge in [-0.1, -0.05) is 0 Å². The van der Waals surface area contributed by atoms with Crippen LogP contribution >= 0.6 is 11.3 Å². The summed E-state index contributed by atoms with van der Waals surface area (Å²) in [5.74, 6) is 0. The summed E-state index contributed by atoms with van der Waals surface area (Å²) in [5.41, 5.74) is 1.44. The molecule has 0 amide bonds. The molecule has 1 aromatic heterocycles. The molecule has 1 fully saturated rings. The standard InChI is InChI=1S/C11H15O2S.3CH3.Sn/c1-2-6-12-11(3-1)13-7-4-10-5-8-14-9-10;;;;/h5,9,11H,1-4,6-7H2;3*1H3;. The van der Waals surface area contributed by atoms with Crippen LogP contribution < -0.4 is 2.89 Å². The van der Waals surface area contributed by atoms with Crippen molar-refractivity contribution in [3.8, 4) is 0 Å². The van der Waals surface area contributed by atoms with E-state index in [1.54, 1.807) is 2.89 Å². The number of rotatable bonds is 5. The van der Waals surface area contributed by atoms with Gasteiger partial charge in [0.15, 0.2) is 0 Å². The van der Waals surface area contributed by atoms with E-state index in [4.69, 9.17) is 9.47 Å². The molecule has 1 aliphatic rings. The molecule has 0 aromatic carbocycles. The molecule has 1 atom stereocenters. The second kappa shape index (κ2) is 6.73. The molecule has 1 aliphatic heterocycles. The van der Waals surface area contributed by atoms with Crippen LogP contribution in [-0.2, 0) is 15.9 Å². The molecule has 0 bridgehead atoms. The summed E-state index contributed by atoms with van der Waals surface area (Å²) in [5, 5.41) is 2.31. The van der Waals surface area contributed by atoms with Gasteiger partial charge in [0.2, 0.25) is 0 Å². The summed E-state index contributed by atoms with van der Waals surface area (Å²) in [7, 11) is 0. The Balaban J connectivity index is 1.74. The first-order valence-corrected chi connectivity index (χ1v) is 17.7. The van der Waals surface area contributed by atoms with E-state index in [0.717, 1.165) is 26.1 Å². The van der Waals surface area contributed by atoms with Crippen molar-refractivity contribution in [1.29, 1.82) is 0 Å². The third kappa shape index (κ3) is 4.51. The zero-order chi connectivity index (χ0) is 13.0. The SMILES string of the molecule is [CH3][Sn]([CH3])([CH3])[c]1cc(CCOC2CCCCO2)cs1. The van der Waals surface area contributed by atoms with E-state index in [-0.39, 0.29) is 6.29 Å². The number of hydrogen-bond donors (Lipinski definition) is 0. The average molecular weight is 375 g/mol. The Kier molecular flexibility index (Phi) is 5.54. The van der Waals surface area contributed by atoms with Crippen LogP contribution in [-0.4, -0.2) is 37.9 Å². The topological polar surface area (TPSA) is 18.5 Å². The van der Waals surface area contributed by atoms with Crippen molar-refractivity contribution >= 4 is 32.6 Å². The maximum atomic E-state index is 5.78. The van der Waals surface area contributed by atoms with Crippen molar-refractivity contribution < 1.29 is 9.47 Å².